The third kappa shape index (κ3) is 1.89. The molecule has 0 N–H and O–H groups in total. The molecule has 102 valence electrons. The maximum atomic E-state index is 12.7. The Morgan fingerprint density at radius 2 is 1.52 bits per heavy atom. The summed E-state index contributed by atoms with van der Waals surface area (Å²) in [4.78, 5) is 28.4. The van der Waals surface area contributed by atoms with Crippen molar-refractivity contribution in [3.8, 4) is 0 Å². The third-order valence-electron chi connectivity index (χ3n) is 3.48. The molecule has 0 fully saturated rings. The van der Waals surface area contributed by atoms with Crippen molar-refractivity contribution in [2.45, 2.75) is 9.79 Å². The Hall–Kier alpha value is -1.26. The number of Topliss-reactive ketones (excluding diaryl/α,β-unsaturated/α-hetero) is 2. The van der Waals surface area contributed by atoms with E-state index in [0.717, 1.165) is 9.79 Å². The standard InChI is InChI=1S/C16H8O2S2Se/c17-13-9-5-1-3-7-11(9)19-15(13)16-14(18)10-6-2-4-8-12(10)20(16)21/h1-8H/b16-15-. The topological polar surface area (TPSA) is 34.1 Å². The number of carbonyl (C=O) groups excluding carboxylic acids is 2. The maximum absolute atomic E-state index is 12.7. The number of ketones is 2. The SMILES string of the molecule is O=C1/C(=C2\C(=O)c3ccccc3S2=[Se])Sc2ccccc21. The van der Waals surface area contributed by atoms with Crippen molar-refractivity contribution < 1.29 is 9.59 Å². The molecule has 2 heterocycles. The van der Waals surface area contributed by atoms with Crippen LogP contribution in [0.2, 0.25) is 0 Å². The van der Waals surface area contributed by atoms with E-state index in [2.05, 4.69) is 14.4 Å². The number of fused-ring (bicyclic) bond motifs is 2. The molecule has 2 nitrogen and oxygen atoms in total. The summed E-state index contributed by atoms with van der Waals surface area (Å²) in [5.74, 6) is -0.0455. The Kier molecular flexibility index (Phi) is 3.12. The predicted octanol–water partition coefficient (Wildman–Crippen LogP) is 3.79. The van der Waals surface area contributed by atoms with E-state index in [-0.39, 0.29) is 11.6 Å². The molecule has 0 saturated heterocycles. The monoisotopic (exact) mass is 376 g/mol. The Morgan fingerprint density at radius 1 is 0.857 bits per heavy atom. The van der Waals surface area contributed by atoms with Crippen LogP contribution in [0.3, 0.4) is 0 Å². The Bertz CT molecular complexity index is 846. The summed E-state index contributed by atoms with van der Waals surface area (Å²) in [6, 6.07) is 15.1. The van der Waals surface area contributed by atoms with Gasteiger partial charge in [0.1, 0.15) is 0 Å². The van der Waals surface area contributed by atoms with Crippen LogP contribution in [0.4, 0.5) is 0 Å². The second kappa shape index (κ2) is 4.89. The first-order chi connectivity index (χ1) is 10.2. The van der Waals surface area contributed by atoms with E-state index < -0.39 is 8.82 Å². The molecule has 0 spiro atoms. The normalized spacial score (nSPS) is 23.3. The molecule has 0 aliphatic carbocycles. The van der Waals surface area contributed by atoms with Gasteiger partial charge in [-0.05, 0) is 0 Å². The van der Waals surface area contributed by atoms with E-state index >= 15 is 0 Å². The summed E-state index contributed by atoms with van der Waals surface area (Å²) in [5, 5.41) is 0. The average molecular weight is 375 g/mol. The van der Waals surface area contributed by atoms with Crippen molar-refractivity contribution in [1.82, 2.24) is 0 Å². The van der Waals surface area contributed by atoms with E-state index in [1.165, 1.54) is 11.8 Å². The van der Waals surface area contributed by atoms with Crippen LogP contribution in [0.5, 0.6) is 0 Å². The Morgan fingerprint density at radius 3 is 2.24 bits per heavy atom. The molecule has 2 aromatic rings. The van der Waals surface area contributed by atoms with Crippen molar-refractivity contribution in [3.63, 3.8) is 0 Å². The van der Waals surface area contributed by atoms with Gasteiger partial charge in [-0.1, -0.05) is 0 Å². The van der Waals surface area contributed by atoms with Gasteiger partial charge in [0.2, 0.25) is 0 Å². The molecule has 0 radical (unpaired) electrons. The Balaban J connectivity index is 1.92. The van der Waals surface area contributed by atoms with Crippen LogP contribution in [-0.4, -0.2) is 25.9 Å². The molecule has 2 aromatic carbocycles. The van der Waals surface area contributed by atoms with Gasteiger partial charge < -0.3 is 0 Å². The molecule has 0 bridgehead atoms. The molecule has 21 heavy (non-hydrogen) atoms. The molecule has 1 unspecified atom stereocenters. The van der Waals surface area contributed by atoms with Crippen LogP contribution in [0.1, 0.15) is 20.7 Å². The number of benzene rings is 2. The number of rotatable bonds is 0. The fourth-order valence-electron chi connectivity index (χ4n) is 2.49. The minimum absolute atomic E-state index is 0.0173. The van der Waals surface area contributed by atoms with E-state index in [0.29, 0.717) is 20.9 Å². The second-order valence-electron chi connectivity index (χ2n) is 4.68. The minimum atomic E-state index is -0.451. The number of thioether (sulfide) groups is 1. The molecule has 0 amide bonds. The number of hydrogen-bond acceptors (Lipinski definition) is 3. The van der Waals surface area contributed by atoms with E-state index in [1.807, 2.05) is 48.5 Å². The van der Waals surface area contributed by atoms with E-state index in [9.17, 15) is 9.59 Å². The Labute approximate surface area is 135 Å². The van der Waals surface area contributed by atoms with Gasteiger partial charge in [0.05, 0.1) is 0 Å². The molecule has 4 rings (SSSR count). The third-order valence-corrected chi connectivity index (χ3v) is 8.47. The first kappa shape index (κ1) is 13.4. The van der Waals surface area contributed by atoms with Crippen LogP contribution in [0, 0.1) is 0 Å². The van der Waals surface area contributed by atoms with Crippen molar-refractivity contribution in [2.75, 3.05) is 0 Å². The second-order valence-corrected chi connectivity index (χ2v) is 9.22. The van der Waals surface area contributed by atoms with Gasteiger partial charge in [0.25, 0.3) is 0 Å². The summed E-state index contributed by atoms with van der Waals surface area (Å²) in [7, 11) is -0.451. The fraction of sp³-hybridized carbons (Fsp3) is 0. The van der Waals surface area contributed by atoms with Crippen LogP contribution in [0.15, 0.2) is 68.1 Å². The quantitative estimate of drug-likeness (QED) is 0.519. The van der Waals surface area contributed by atoms with Crippen molar-refractivity contribution in [1.29, 1.82) is 0 Å². The number of carbonyl (C=O) groups is 2. The number of allylic oxidation sites excluding steroid dienone is 2. The predicted molar refractivity (Wildman–Crippen MR) is 86.0 cm³/mol. The zero-order valence-electron chi connectivity index (χ0n) is 10.7. The molecule has 1 atom stereocenters. The van der Waals surface area contributed by atoms with Crippen LogP contribution >= 0.6 is 20.6 Å². The first-order valence-electron chi connectivity index (χ1n) is 6.30. The number of hydrogen-bond donors (Lipinski definition) is 0. The molecular weight excluding hydrogens is 367 g/mol. The fourth-order valence-corrected chi connectivity index (χ4v) is 7.49. The molecule has 2 aliphatic heterocycles. The molecule has 0 aromatic heterocycles. The molecular formula is C16H8O2S2Se. The van der Waals surface area contributed by atoms with Crippen LogP contribution < -0.4 is 0 Å². The first-order valence-corrected chi connectivity index (χ1v) is 10.4. The summed E-state index contributed by atoms with van der Waals surface area (Å²) in [6.45, 7) is 0. The van der Waals surface area contributed by atoms with Gasteiger partial charge in [-0.3, -0.25) is 0 Å². The van der Waals surface area contributed by atoms with Crippen molar-refractivity contribution in [2.24, 2.45) is 0 Å². The van der Waals surface area contributed by atoms with Gasteiger partial charge in [-0.25, -0.2) is 0 Å². The van der Waals surface area contributed by atoms with Gasteiger partial charge >= 0.3 is 135 Å². The molecule has 0 saturated carbocycles. The van der Waals surface area contributed by atoms with Gasteiger partial charge in [0.15, 0.2) is 0 Å². The van der Waals surface area contributed by atoms with Gasteiger partial charge in [-0.15, -0.1) is 0 Å². The summed E-state index contributed by atoms with van der Waals surface area (Å²) < 4.78 is 0. The molecule has 5 heteroatoms. The van der Waals surface area contributed by atoms with Gasteiger partial charge in [0, 0.05) is 0 Å². The summed E-state index contributed by atoms with van der Waals surface area (Å²) >= 11 is 4.50. The average Bonchev–Trinajstić information content (AvgIpc) is 2.96. The zero-order valence-corrected chi connectivity index (χ0v) is 14.0. The van der Waals surface area contributed by atoms with E-state index in [4.69, 9.17) is 0 Å². The summed E-state index contributed by atoms with van der Waals surface area (Å²) in [5.41, 5.74) is 1.41. The van der Waals surface area contributed by atoms with Crippen molar-refractivity contribution in [3.05, 3.63) is 69.5 Å². The summed E-state index contributed by atoms with van der Waals surface area (Å²) in [6.07, 6.45) is 0. The van der Waals surface area contributed by atoms with E-state index in [1.54, 1.807) is 0 Å². The molecule has 2 aliphatic rings. The van der Waals surface area contributed by atoms with Crippen LogP contribution in [-0.2, 0) is 0 Å². The van der Waals surface area contributed by atoms with Crippen LogP contribution in [0.25, 0.3) is 0 Å². The van der Waals surface area contributed by atoms with Gasteiger partial charge in [-0.2, -0.15) is 0 Å². The van der Waals surface area contributed by atoms with Crippen molar-refractivity contribution >= 4 is 46.5 Å². The zero-order chi connectivity index (χ0) is 14.6.